The van der Waals surface area contributed by atoms with E-state index in [1.165, 1.54) is 12.7 Å². The van der Waals surface area contributed by atoms with E-state index in [-0.39, 0.29) is 13.0 Å². The summed E-state index contributed by atoms with van der Waals surface area (Å²) in [5, 5.41) is 19.0. The van der Waals surface area contributed by atoms with Crippen molar-refractivity contribution in [1.82, 2.24) is 40.0 Å². The van der Waals surface area contributed by atoms with Crippen molar-refractivity contribution in [3.05, 3.63) is 40.7 Å². The van der Waals surface area contributed by atoms with Gasteiger partial charge in [0.05, 0.1) is 16.9 Å². The normalized spacial score (nSPS) is 28.1. The van der Waals surface area contributed by atoms with Crippen molar-refractivity contribution in [3.63, 3.8) is 0 Å². The number of nitrogens with zero attached hydrogens (tertiary/aromatic N) is 8. The summed E-state index contributed by atoms with van der Waals surface area (Å²) in [7, 11) is 1.73. The standard InChI is InChI=1S/C27H38N10O.CH4/c1-16-13-36(9-8-28-16)26(32-22-11-18-10-21(17(22)2)27(18,3)4)30-19-6-7-20-23(12-19)31-24(35(5)25(20)38)14-37-15-29-33-34-37;/h6-7,12,15-18,21-22,28H,8-11,13-14H2,1-5H3,(H,30,32);1H4/t16-,17-,18+,21-,22?;/m0./s1. The SMILES string of the molecule is C.C[C@@H]1C(N=C(Nc2ccc3c(=O)n(C)c(Cn4cnnn4)nc3c2)N2CCN[C@@H](C)C2)C[C@H]2C[C@@H]1C2(C)C. The van der Waals surface area contributed by atoms with Crippen LogP contribution in [0.4, 0.5) is 5.69 Å². The molecule has 11 nitrogen and oxygen atoms in total. The van der Waals surface area contributed by atoms with Crippen LogP contribution in [0.5, 0.6) is 0 Å². The van der Waals surface area contributed by atoms with Gasteiger partial charge in [0.1, 0.15) is 18.7 Å². The molecule has 39 heavy (non-hydrogen) atoms. The molecule has 4 fully saturated rings. The molecule has 3 aliphatic carbocycles. The zero-order valence-electron chi connectivity index (χ0n) is 22.9. The number of fused-ring (bicyclic) bond motifs is 3. The molecule has 0 amide bonds. The molecule has 1 aliphatic heterocycles. The molecule has 5 atom stereocenters. The van der Waals surface area contributed by atoms with Gasteiger partial charge in [-0.05, 0) is 71.6 Å². The van der Waals surface area contributed by atoms with Crippen LogP contribution in [0.3, 0.4) is 0 Å². The number of hydrogen-bond acceptors (Lipinski definition) is 7. The van der Waals surface area contributed by atoms with E-state index in [2.05, 4.69) is 58.8 Å². The van der Waals surface area contributed by atoms with Gasteiger partial charge in [0.25, 0.3) is 5.56 Å². The van der Waals surface area contributed by atoms with Gasteiger partial charge in [-0.3, -0.25) is 9.36 Å². The molecule has 3 heterocycles. The molecule has 4 aliphatic rings. The first-order chi connectivity index (χ1) is 18.2. The number of benzene rings is 1. The summed E-state index contributed by atoms with van der Waals surface area (Å²) in [5.41, 5.74) is 1.86. The van der Waals surface area contributed by atoms with Crippen molar-refractivity contribution < 1.29 is 0 Å². The predicted octanol–water partition coefficient (Wildman–Crippen LogP) is 2.74. The van der Waals surface area contributed by atoms with E-state index in [0.29, 0.717) is 46.7 Å². The fourth-order valence-electron chi connectivity index (χ4n) is 6.83. The molecule has 0 radical (unpaired) electrons. The molecule has 2 bridgehead atoms. The Hall–Kier alpha value is -3.34. The largest absolute Gasteiger partial charge is 0.340 e. The van der Waals surface area contributed by atoms with E-state index in [4.69, 9.17) is 9.98 Å². The first-order valence-electron chi connectivity index (χ1n) is 13.7. The molecule has 7 rings (SSSR count). The van der Waals surface area contributed by atoms with E-state index in [1.54, 1.807) is 16.3 Å². The topological polar surface area (TPSA) is 118 Å². The van der Waals surface area contributed by atoms with E-state index in [1.807, 2.05) is 18.2 Å². The Bertz CT molecular complexity index is 1410. The van der Waals surface area contributed by atoms with Crippen molar-refractivity contribution in [3.8, 4) is 0 Å². The summed E-state index contributed by atoms with van der Waals surface area (Å²) in [5.74, 6) is 3.56. The van der Waals surface area contributed by atoms with Gasteiger partial charge in [-0.1, -0.05) is 28.2 Å². The number of aromatic nitrogens is 6. The highest BCUT2D eigenvalue weighted by molar-refractivity contribution is 5.96. The molecule has 1 unspecified atom stereocenters. The van der Waals surface area contributed by atoms with Crippen LogP contribution in [-0.4, -0.2) is 72.3 Å². The van der Waals surface area contributed by atoms with E-state index >= 15 is 0 Å². The molecule has 210 valence electrons. The van der Waals surface area contributed by atoms with Crippen LogP contribution in [0.25, 0.3) is 10.9 Å². The Morgan fingerprint density at radius 3 is 2.77 bits per heavy atom. The Balaban J connectivity index is 0.00000308. The lowest BCUT2D eigenvalue weighted by Crippen LogP contribution is -2.57. The number of piperazine rings is 1. The number of nitrogens with one attached hydrogen (secondary N) is 2. The lowest BCUT2D eigenvalue weighted by molar-refractivity contribution is -0.108. The molecule has 2 N–H and O–H groups in total. The third-order valence-electron chi connectivity index (χ3n) is 9.39. The number of hydrogen-bond donors (Lipinski definition) is 2. The highest BCUT2D eigenvalue weighted by Gasteiger charge is 2.56. The third kappa shape index (κ3) is 4.92. The van der Waals surface area contributed by atoms with Crippen LogP contribution in [0.15, 0.2) is 34.3 Å². The van der Waals surface area contributed by atoms with Crippen LogP contribution in [0.2, 0.25) is 0 Å². The second-order valence-electron chi connectivity index (χ2n) is 12.0. The van der Waals surface area contributed by atoms with Gasteiger partial charge in [-0.15, -0.1) is 5.10 Å². The summed E-state index contributed by atoms with van der Waals surface area (Å²) < 4.78 is 3.12. The van der Waals surface area contributed by atoms with Gasteiger partial charge in [0, 0.05) is 38.4 Å². The highest BCUT2D eigenvalue weighted by Crippen LogP contribution is 2.61. The quantitative estimate of drug-likeness (QED) is 0.388. The van der Waals surface area contributed by atoms with Crippen LogP contribution in [-0.2, 0) is 13.6 Å². The second kappa shape index (κ2) is 10.3. The van der Waals surface area contributed by atoms with Crippen molar-refractivity contribution >= 4 is 22.5 Å². The van der Waals surface area contributed by atoms with Crippen molar-refractivity contribution in [1.29, 1.82) is 0 Å². The van der Waals surface area contributed by atoms with Crippen LogP contribution in [0.1, 0.15) is 53.8 Å². The van der Waals surface area contributed by atoms with Gasteiger partial charge in [0.2, 0.25) is 0 Å². The summed E-state index contributed by atoms with van der Waals surface area (Å²) >= 11 is 0. The van der Waals surface area contributed by atoms with Crippen LogP contribution < -0.4 is 16.2 Å². The first kappa shape index (κ1) is 27.2. The van der Waals surface area contributed by atoms with E-state index in [9.17, 15) is 4.79 Å². The minimum Gasteiger partial charge on any atom is -0.340 e. The minimum atomic E-state index is -0.0904. The number of guanidine groups is 1. The molecule has 3 aromatic rings. The number of rotatable bonds is 4. The molecule has 11 heteroatoms. The van der Waals surface area contributed by atoms with Crippen molar-refractivity contribution in [2.45, 2.75) is 66.6 Å². The molecule has 1 aromatic carbocycles. The zero-order valence-corrected chi connectivity index (χ0v) is 22.9. The number of aliphatic imine (C=N–C) groups is 1. The third-order valence-corrected chi connectivity index (χ3v) is 9.39. The minimum absolute atomic E-state index is 0. The van der Waals surface area contributed by atoms with Gasteiger partial charge in [0.15, 0.2) is 5.96 Å². The van der Waals surface area contributed by atoms with Gasteiger partial charge >= 0.3 is 0 Å². The first-order valence-corrected chi connectivity index (χ1v) is 13.7. The maximum Gasteiger partial charge on any atom is 0.261 e. The summed E-state index contributed by atoms with van der Waals surface area (Å²) in [6.45, 7) is 12.5. The molecule has 3 saturated carbocycles. The molecule has 1 saturated heterocycles. The van der Waals surface area contributed by atoms with Gasteiger partial charge in [-0.2, -0.15) is 0 Å². The fourth-order valence-corrected chi connectivity index (χ4v) is 6.83. The average molecular weight is 535 g/mol. The Morgan fingerprint density at radius 1 is 1.26 bits per heavy atom. The van der Waals surface area contributed by atoms with Gasteiger partial charge < -0.3 is 15.5 Å². The predicted molar refractivity (Wildman–Crippen MR) is 154 cm³/mol. The maximum atomic E-state index is 13.1. The average Bonchev–Trinajstić information content (AvgIpc) is 3.40. The second-order valence-corrected chi connectivity index (χ2v) is 12.0. The molecular weight excluding hydrogens is 492 g/mol. The maximum absolute atomic E-state index is 13.1. The smallest absolute Gasteiger partial charge is 0.261 e. The molecule has 0 spiro atoms. The van der Waals surface area contributed by atoms with E-state index in [0.717, 1.165) is 49.5 Å². The van der Waals surface area contributed by atoms with Crippen LogP contribution in [0, 0.1) is 23.2 Å². The lowest BCUT2D eigenvalue weighted by atomic mass is 9.45. The number of anilines is 1. The molecule has 2 aromatic heterocycles. The summed E-state index contributed by atoms with van der Waals surface area (Å²) in [6.07, 6.45) is 4.00. The Labute approximate surface area is 230 Å². The van der Waals surface area contributed by atoms with Crippen molar-refractivity contribution in [2.75, 3.05) is 25.0 Å². The number of tetrazole rings is 1. The Kier molecular flexibility index (Phi) is 7.21. The summed E-state index contributed by atoms with van der Waals surface area (Å²) in [4.78, 5) is 25.6. The highest BCUT2D eigenvalue weighted by atomic mass is 16.1. The fraction of sp³-hybridized carbons (Fsp3) is 0.643. The van der Waals surface area contributed by atoms with Crippen LogP contribution >= 0.6 is 0 Å². The summed E-state index contributed by atoms with van der Waals surface area (Å²) in [6, 6.07) is 6.46. The van der Waals surface area contributed by atoms with E-state index < -0.39 is 0 Å². The Morgan fingerprint density at radius 2 is 2.08 bits per heavy atom. The molecular formula is C28H42N10O. The lowest BCUT2D eigenvalue weighted by Gasteiger charge is -2.61. The van der Waals surface area contributed by atoms with Crippen molar-refractivity contribution in [2.24, 2.45) is 35.2 Å². The van der Waals surface area contributed by atoms with Gasteiger partial charge in [-0.25, -0.2) is 14.7 Å². The monoisotopic (exact) mass is 534 g/mol. The zero-order chi connectivity index (χ0) is 26.6.